The first-order chi connectivity index (χ1) is 11.5. The van der Waals surface area contributed by atoms with E-state index < -0.39 is 6.04 Å². The number of carbonyl (C=O) groups excluding carboxylic acids is 1. The molecule has 0 aliphatic heterocycles. The maximum absolute atomic E-state index is 12.6. The maximum Gasteiger partial charge on any atom is 0.247 e. The minimum atomic E-state index is -0.536. The Bertz CT molecular complexity index is 930. The third-order valence-electron chi connectivity index (χ3n) is 3.60. The van der Waals surface area contributed by atoms with Crippen LogP contribution in [0.5, 0.6) is 0 Å². The Kier molecular flexibility index (Phi) is 4.84. The fraction of sp³-hybridized carbons (Fsp3) is 0.188. The third kappa shape index (κ3) is 3.28. The number of nitrogens with one attached hydrogen (secondary N) is 2. The maximum atomic E-state index is 12.6. The Hall–Kier alpha value is -1.96. The lowest BCUT2D eigenvalue weighted by Gasteiger charge is -2.16. The van der Waals surface area contributed by atoms with Crippen molar-refractivity contribution in [2.24, 2.45) is 0 Å². The molecular formula is C16H15ClN4OS2. The molecule has 3 aromatic rings. The Morgan fingerprint density at radius 3 is 2.92 bits per heavy atom. The molecule has 24 heavy (non-hydrogen) atoms. The molecule has 0 spiro atoms. The zero-order chi connectivity index (χ0) is 17.3. The smallest absolute Gasteiger partial charge is 0.247 e. The fourth-order valence-electron chi connectivity index (χ4n) is 2.32. The monoisotopic (exact) mass is 378 g/mol. The van der Waals surface area contributed by atoms with Crippen molar-refractivity contribution < 1.29 is 4.79 Å². The summed E-state index contributed by atoms with van der Waals surface area (Å²) in [6.07, 6.45) is 0. The number of aromatic nitrogens is 3. The highest BCUT2D eigenvalue weighted by Gasteiger charge is 2.22. The molecule has 1 unspecified atom stereocenters. The first kappa shape index (κ1) is 16.9. The van der Waals surface area contributed by atoms with E-state index in [-0.39, 0.29) is 5.91 Å². The first-order valence-corrected chi connectivity index (χ1v) is 8.91. The summed E-state index contributed by atoms with van der Waals surface area (Å²) in [6, 6.07) is 8.82. The molecule has 0 bridgehead atoms. The van der Waals surface area contributed by atoms with E-state index in [1.54, 1.807) is 17.6 Å². The summed E-state index contributed by atoms with van der Waals surface area (Å²) in [5.74, 6) is 0.434. The van der Waals surface area contributed by atoms with Crippen LogP contribution in [0.25, 0.3) is 10.7 Å². The Morgan fingerprint density at radius 2 is 2.25 bits per heavy atom. The van der Waals surface area contributed by atoms with Crippen molar-refractivity contribution in [2.45, 2.75) is 19.9 Å². The number of hydrogen-bond acceptors (Lipinski definition) is 4. The topological polar surface area (TPSA) is 62.7 Å². The van der Waals surface area contributed by atoms with Crippen molar-refractivity contribution in [3.05, 3.63) is 51.1 Å². The molecule has 0 fully saturated rings. The number of anilines is 1. The van der Waals surface area contributed by atoms with Gasteiger partial charge in [-0.05, 0) is 55.2 Å². The SMILES string of the molecule is Cc1ccc(NC(=O)C(C)n2c(-c3cccs3)n[nH]c2=S)c(Cl)c1. The highest BCUT2D eigenvalue weighted by Crippen LogP contribution is 2.27. The molecule has 124 valence electrons. The number of hydrogen-bond donors (Lipinski definition) is 2. The molecule has 0 aliphatic carbocycles. The highest BCUT2D eigenvalue weighted by atomic mass is 35.5. The van der Waals surface area contributed by atoms with Gasteiger partial charge in [-0.3, -0.25) is 14.5 Å². The molecule has 1 atom stereocenters. The van der Waals surface area contributed by atoms with Crippen molar-refractivity contribution in [2.75, 3.05) is 5.32 Å². The van der Waals surface area contributed by atoms with E-state index in [2.05, 4.69) is 15.5 Å². The van der Waals surface area contributed by atoms with Gasteiger partial charge in [-0.1, -0.05) is 23.7 Å². The zero-order valence-electron chi connectivity index (χ0n) is 13.0. The van der Waals surface area contributed by atoms with E-state index in [0.717, 1.165) is 10.4 Å². The molecule has 1 amide bonds. The summed E-state index contributed by atoms with van der Waals surface area (Å²) in [4.78, 5) is 13.6. The number of carbonyl (C=O) groups is 1. The fourth-order valence-corrected chi connectivity index (χ4v) is 3.60. The average molecular weight is 379 g/mol. The number of rotatable bonds is 4. The molecule has 0 radical (unpaired) electrons. The quantitative estimate of drug-likeness (QED) is 0.639. The Morgan fingerprint density at radius 1 is 1.46 bits per heavy atom. The molecule has 0 saturated carbocycles. The van der Waals surface area contributed by atoms with Crippen LogP contribution in [-0.4, -0.2) is 20.7 Å². The van der Waals surface area contributed by atoms with Gasteiger partial charge >= 0.3 is 0 Å². The van der Waals surface area contributed by atoms with Gasteiger partial charge in [0, 0.05) is 0 Å². The van der Waals surface area contributed by atoms with Crippen LogP contribution < -0.4 is 5.32 Å². The second-order valence-corrected chi connectivity index (χ2v) is 7.09. The highest BCUT2D eigenvalue weighted by molar-refractivity contribution is 7.71. The van der Waals surface area contributed by atoms with Crippen LogP contribution in [0.2, 0.25) is 5.02 Å². The largest absolute Gasteiger partial charge is 0.323 e. The van der Waals surface area contributed by atoms with E-state index in [1.807, 2.05) is 36.6 Å². The normalized spacial score (nSPS) is 12.1. The van der Waals surface area contributed by atoms with Crippen LogP contribution in [-0.2, 0) is 4.79 Å². The van der Waals surface area contributed by atoms with E-state index in [1.165, 1.54) is 11.3 Å². The first-order valence-electron chi connectivity index (χ1n) is 7.25. The number of nitrogens with zero attached hydrogens (tertiary/aromatic N) is 2. The van der Waals surface area contributed by atoms with Gasteiger partial charge in [-0.25, -0.2) is 0 Å². The van der Waals surface area contributed by atoms with Gasteiger partial charge in [0.15, 0.2) is 10.6 Å². The van der Waals surface area contributed by atoms with E-state index in [9.17, 15) is 4.79 Å². The second kappa shape index (κ2) is 6.88. The van der Waals surface area contributed by atoms with Crippen molar-refractivity contribution in [3.63, 3.8) is 0 Å². The van der Waals surface area contributed by atoms with Gasteiger partial charge in [0.1, 0.15) is 6.04 Å². The minimum absolute atomic E-state index is 0.212. The van der Waals surface area contributed by atoms with Crippen LogP contribution in [0.3, 0.4) is 0 Å². The standard InChI is InChI=1S/C16H15ClN4OS2/c1-9-5-6-12(11(17)8-9)18-15(22)10(2)21-14(19-20-16(21)23)13-4-3-7-24-13/h3-8,10H,1-2H3,(H,18,22)(H,20,23). The van der Waals surface area contributed by atoms with Crippen LogP contribution >= 0.6 is 35.2 Å². The number of benzene rings is 1. The average Bonchev–Trinajstić information content (AvgIpc) is 3.18. The molecule has 0 aliphatic rings. The predicted molar refractivity (Wildman–Crippen MR) is 100 cm³/mol. The molecule has 1 aromatic carbocycles. The second-order valence-electron chi connectivity index (χ2n) is 5.35. The molecule has 3 rings (SSSR count). The van der Waals surface area contributed by atoms with Gasteiger partial charge in [0.05, 0.1) is 15.6 Å². The van der Waals surface area contributed by atoms with Crippen LogP contribution in [0, 0.1) is 11.7 Å². The number of aromatic amines is 1. The van der Waals surface area contributed by atoms with Crippen molar-refractivity contribution >= 4 is 46.8 Å². The summed E-state index contributed by atoms with van der Waals surface area (Å²) in [7, 11) is 0. The number of aryl methyl sites for hydroxylation is 1. The molecule has 2 heterocycles. The summed E-state index contributed by atoms with van der Waals surface area (Å²) >= 11 is 13.0. The molecular weight excluding hydrogens is 364 g/mol. The molecule has 2 aromatic heterocycles. The number of halogens is 1. The van der Waals surface area contributed by atoms with Crippen LogP contribution in [0.1, 0.15) is 18.5 Å². The van der Waals surface area contributed by atoms with E-state index >= 15 is 0 Å². The van der Waals surface area contributed by atoms with Crippen molar-refractivity contribution in [1.82, 2.24) is 14.8 Å². The number of H-pyrrole nitrogens is 1. The number of amides is 1. The Balaban J connectivity index is 1.89. The lowest BCUT2D eigenvalue weighted by Crippen LogP contribution is -2.24. The molecule has 2 N–H and O–H groups in total. The molecule has 5 nitrogen and oxygen atoms in total. The van der Waals surface area contributed by atoms with Crippen molar-refractivity contribution in [1.29, 1.82) is 0 Å². The van der Waals surface area contributed by atoms with Gasteiger partial charge in [-0.15, -0.1) is 11.3 Å². The van der Waals surface area contributed by atoms with Crippen LogP contribution in [0.15, 0.2) is 35.7 Å². The van der Waals surface area contributed by atoms with Crippen LogP contribution in [0.4, 0.5) is 5.69 Å². The van der Waals surface area contributed by atoms with Gasteiger partial charge in [-0.2, -0.15) is 5.10 Å². The van der Waals surface area contributed by atoms with E-state index in [4.69, 9.17) is 23.8 Å². The third-order valence-corrected chi connectivity index (χ3v) is 5.06. The van der Waals surface area contributed by atoms with Gasteiger partial charge < -0.3 is 5.32 Å². The van der Waals surface area contributed by atoms with Gasteiger partial charge in [0.2, 0.25) is 5.91 Å². The Labute approximate surface area is 153 Å². The lowest BCUT2D eigenvalue weighted by atomic mass is 10.2. The lowest BCUT2D eigenvalue weighted by molar-refractivity contribution is -0.118. The molecule has 0 saturated heterocycles. The number of thiophene rings is 1. The van der Waals surface area contributed by atoms with Gasteiger partial charge in [0.25, 0.3) is 0 Å². The summed E-state index contributed by atoms with van der Waals surface area (Å²) in [6.45, 7) is 3.72. The van der Waals surface area contributed by atoms with E-state index in [0.29, 0.717) is 21.3 Å². The zero-order valence-corrected chi connectivity index (χ0v) is 15.4. The van der Waals surface area contributed by atoms with Crippen molar-refractivity contribution in [3.8, 4) is 10.7 Å². The molecule has 8 heteroatoms. The summed E-state index contributed by atoms with van der Waals surface area (Å²) in [5, 5.41) is 12.3. The summed E-state index contributed by atoms with van der Waals surface area (Å²) < 4.78 is 2.11. The summed E-state index contributed by atoms with van der Waals surface area (Å²) in [5.41, 5.74) is 1.61. The predicted octanol–water partition coefficient (Wildman–Crippen LogP) is 4.83. The minimum Gasteiger partial charge on any atom is -0.323 e.